The predicted octanol–water partition coefficient (Wildman–Crippen LogP) is 1.21. The number of piperazine rings is 1. The molecule has 11 heteroatoms. The van der Waals surface area contributed by atoms with Crippen LogP contribution in [0.2, 0.25) is 0 Å². The summed E-state index contributed by atoms with van der Waals surface area (Å²) in [7, 11) is 1.44. The van der Waals surface area contributed by atoms with Crippen molar-refractivity contribution < 1.29 is 14.3 Å². The molecule has 11 nitrogen and oxygen atoms in total. The van der Waals surface area contributed by atoms with Crippen LogP contribution in [-0.4, -0.2) is 96.9 Å². The standard InChI is InChI=1S/C23H34N8O3/c1-33-20(32)5-3-2-4-8-29-9-11-30(12-10-29)22-26-21(18-6-7-19(24)25-17-18)27-23(28-22)31-13-15-34-16-14-31/h6-7,17H,2-5,8-16H2,1H3,(H2,24,25). The number of carbonyl (C=O) groups is 1. The second kappa shape index (κ2) is 11.9. The van der Waals surface area contributed by atoms with Crippen LogP contribution in [0, 0.1) is 0 Å². The van der Waals surface area contributed by atoms with E-state index >= 15 is 0 Å². The maximum absolute atomic E-state index is 11.2. The molecule has 4 heterocycles. The Kier molecular flexibility index (Phi) is 8.42. The molecule has 0 saturated carbocycles. The Labute approximate surface area is 200 Å². The Hall–Kier alpha value is -3.05. The number of rotatable bonds is 9. The smallest absolute Gasteiger partial charge is 0.305 e. The van der Waals surface area contributed by atoms with Crippen molar-refractivity contribution in [2.24, 2.45) is 0 Å². The fourth-order valence-corrected chi connectivity index (χ4v) is 4.12. The fourth-order valence-electron chi connectivity index (χ4n) is 4.12. The number of nitrogen functional groups attached to an aromatic ring is 1. The number of carbonyl (C=O) groups excluding carboxylic acids is 1. The van der Waals surface area contributed by atoms with Crippen LogP contribution in [-0.2, 0) is 14.3 Å². The number of unbranched alkanes of at least 4 members (excludes halogenated alkanes) is 2. The summed E-state index contributed by atoms with van der Waals surface area (Å²) in [6.45, 7) is 7.49. The minimum Gasteiger partial charge on any atom is -0.469 e. The number of methoxy groups -OCH3 is 1. The molecule has 184 valence electrons. The molecule has 0 unspecified atom stereocenters. The highest BCUT2D eigenvalue weighted by molar-refractivity contribution is 5.69. The van der Waals surface area contributed by atoms with Gasteiger partial charge in [-0.3, -0.25) is 9.69 Å². The minimum atomic E-state index is -0.128. The number of hydrogen-bond acceptors (Lipinski definition) is 11. The summed E-state index contributed by atoms with van der Waals surface area (Å²) in [6.07, 6.45) is 5.20. The van der Waals surface area contributed by atoms with Crippen LogP contribution in [0.15, 0.2) is 18.3 Å². The summed E-state index contributed by atoms with van der Waals surface area (Å²) >= 11 is 0. The number of anilines is 3. The second-order valence-corrected chi connectivity index (χ2v) is 8.55. The molecule has 0 radical (unpaired) electrons. The lowest BCUT2D eigenvalue weighted by atomic mass is 10.2. The Bertz CT molecular complexity index is 928. The zero-order valence-corrected chi connectivity index (χ0v) is 19.9. The molecule has 0 atom stereocenters. The summed E-state index contributed by atoms with van der Waals surface area (Å²) in [5.41, 5.74) is 6.58. The van der Waals surface area contributed by atoms with Gasteiger partial charge in [-0.1, -0.05) is 6.42 Å². The van der Waals surface area contributed by atoms with E-state index in [2.05, 4.69) is 19.7 Å². The van der Waals surface area contributed by atoms with Crippen molar-refractivity contribution in [3.8, 4) is 11.4 Å². The Morgan fingerprint density at radius 1 is 0.971 bits per heavy atom. The van der Waals surface area contributed by atoms with Gasteiger partial charge >= 0.3 is 5.97 Å². The van der Waals surface area contributed by atoms with Crippen LogP contribution < -0.4 is 15.5 Å². The van der Waals surface area contributed by atoms with Crippen LogP contribution in [0.1, 0.15) is 25.7 Å². The first kappa shape index (κ1) is 24.1. The molecule has 2 fully saturated rings. The van der Waals surface area contributed by atoms with Gasteiger partial charge in [-0.15, -0.1) is 0 Å². The van der Waals surface area contributed by atoms with E-state index in [1.165, 1.54) is 7.11 Å². The van der Waals surface area contributed by atoms with Crippen molar-refractivity contribution in [1.29, 1.82) is 0 Å². The predicted molar refractivity (Wildman–Crippen MR) is 130 cm³/mol. The molecule has 2 aromatic rings. The number of aromatic nitrogens is 4. The van der Waals surface area contributed by atoms with E-state index in [4.69, 9.17) is 30.2 Å². The van der Waals surface area contributed by atoms with Gasteiger partial charge in [0.1, 0.15) is 5.82 Å². The highest BCUT2D eigenvalue weighted by atomic mass is 16.5. The summed E-state index contributed by atoms with van der Waals surface area (Å²) in [5, 5.41) is 0. The minimum absolute atomic E-state index is 0.128. The molecule has 0 amide bonds. The van der Waals surface area contributed by atoms with Gasteiger partial charge in [0, 0.05) is 57.4 Å². The second-order valence-electron chi connectivity index (χ2n) is 8.55. The van der Waals surface area contributed by atoms with E-state index < -0.39 is 0 Å². The molecular weight excluding hydrogens is 436 g/mol. The summed E-state index contributed by atoms with van der Waals surface area (Å²) in [4.78, 5) is 36.6. The molecule has 2 N–H and O–H groups in total. The van der Waals surface area contributed by atoms with Gasteiger partial charge in [0.25, 0.3) is 0 Å². The van der Waals surface area contributed by atoms with Gasteiger partial charge in [-0.05, 0) is 31.5 Å². The topological polar surface area (TPSA) is 123 Å². The SMILES string of the molecule is COC(=O)CCCCCN1CCN(c2nc(-c3ccc(N)nc3)nc(N3CCOCC3)n2)CC1. The molecule has 34 heavy (non-hydrogen) atoms. The summed E-state index contributed by atoms with van der Waals surface area (Å²) < 4.78 is 10.2. The maximum atomic E-state index is 11.2. The zero-order valence-electron chi connectivity index (χ0n) is 19.9. The van der Waals surface area contributed by atoms with E-state index in [9.17, 15) is 4.79 Å². The monoisotopic (exact) mass is 470 g/mol. The van der Waals surface area contributed by atoms with Crippen molar-refractivity contribution in [2.45, 2.75) is 25.7 Å². The van der Waals surface area contributed by atoms with E-state index in [0.29, 0.717) is 43.2 Å². The number of nitrogens with zero attached hydrogens (tertiary/aromatic N) is 7. The van der Waals surface area contributed by atoms with E-state index in [1.807, 2.05) is 6.07 Å². The normalized spacial score (nSPS) is 17.1. The number of nitrogens with two attached hydrogens (primary N) is 1. The van der Waals surface area contributed by atoms with Gasteiger partial charge in [-0.2, -0.15) is 15.0 Å². The lowest BCUT2D eigenvalue weighted by Gasteiger charge is -2.35. The molecule has 2 aromatic heterocycles. The van der Waals surface area contributed by atoms with Gasteiger partial charge in [-0.25, -0.2) is 4.98 Å². The lowest BCUT2D eigenvalue weighted by Crippen LogP contribution is -2.47. The Morgan fingerprint density at radius 2 is 1.68 bits per heavy atom. The van der Waals surface area contributed by atoms with Gasteiger partial charge in [0.15, 0.2) is 5.82 Å². The van der Waals surface area contributed by atoms with Crippen molar-refractivity contribution in [3.63, 3.8) is 0 Å². The van der Waals surface area contributed by atoms with E-state index in [-0.39, 0.29) is 5.97 Å². The number of esters is 1. The average Bonchev–Trinajstić information content (AvgIpc) is 2.89. The van der Waals surface area contributed by atoms with Crippen molar-refractivity contribution in [3.05, 3.63) is 18.3 Å². The highest BCUT2D eigenvalue weighted by Gasteiger charge is 2.23. The summed E-state index contributed by atoms with van der Waals surface area (Å²) in [5.74, 6) is 2.31. The molecule has 0 bridgehead atoms. The fraction of sp³-hybridized carbons (Fsp3) is 0.609. The first-order chi connectivity index (χ1) is 16.6. The average molecular weight is 471 g/mol. The number of morpholine rings is 1. The number of pyridine rings is 1. The van der Waals surface area contributed by atoms with Crippen LogP contribution >= 0.6 is 0 Å². The Balaban J connectivity index is 1.39. The lowest BCUT2D eigenvalue weighted by molar-refractivity contribution is -0.140. The van der Waals surface area contributed by atoms with Crippen LogP contribution in [0.3, 0.4) is 0 Å². The Morgan fingerprint density at radius 3 is 2.32 bits per heavy atom. The maximum Gasteiger partial charge on any atom is 0.305 e. The van der Waals surface area contributed by atoms with Crippen molar-refractivity contribution in [1.82, 2.24) is 24.8 Å². The molecule has 2 saturated heterocycles. The first-order valence-corrected chi connectivity index (χ1v) is 12.0. The molecule has 0 aliphatic carbocycles. The third-order valence-electron chi connectivity index (χ3n) is 6.19. The molecule has 2 aliphatic rings. The first-order valence-electron chi connectivity index (χ1n) is 12.0. The molecular formula is C23H34N8O3. The largest absolute Gasteiger partial charge is 0.469 e. The number of ether oxygens (including phenoxy) is 2. The van der Waals surface area contributed by atoms with Gasteiger partial charge in [0.2, 0.25) is 11.9 Å². The van der Waals surface area contributed by atoms with Crippen LogP contribution in [0.25, 0.3) is 11.4 Å². The molecule has 4 rings (SSSR count). The molecule has 2 aliphatic heterocycles. The van der Waals surface area contributed by atoms with Crippen LogP contribution in [0.5, 0.6) is 0 Å². The third-order valence-corrected chi connectivity index (χ3v) is 6.19. The quantitative estimate of drug-likeness (QED) is 0.420. The van der Waals surface area contributed by atoms with Crippen molar-refractivity contribution >= 4 is 23.7 Å². The third kappa shape index (κ3) is 6.51. The molecule has 0 spiro atoms. The van der Waals surface area contributed by atoms with Crippen molar-refractivity contribution in [2.75, 3.05) is 81.7 Å². The van der Waals surface area contributed by atoms with E-state index in [0.717, 1.165) is 70.6 Å². The van der Waals surface area contributed by atoms with Crippen LogP contribution in [0.4, 0.5) is 17.7 Å². The summed E-state index contributed by atoms with van der Waals surface area (Å²) in [6, 6.07) is 3.65. The zero-order chi connectivity index (χ0) is 23.8. The molecule has 0 aromatic carbocycles. The van der Waals surface area contributed by atoms with E-state index in [1.54, 1.807) is 12.3 Å². The highest BCUT2D eigenvalue weighted by Crippen LogP contribution is 2.23. The van der Waals surface area contributed by atoms with Gasteiger partial charge in [0.05, 0.1) is 20.3 Å². The number of hydrogen-bond donors (Lipinski definition) is 1. The van der Waals surface area contributed by atoms with Gasteiger partial charge < -0.3 is 25.0 Å².